The van der Waals surface area contributed by atoms with Gasteiger partial charge in [-0.2, -0.15) is 0 Å². The lowest BCUT2D eigenvalue weighted by Gasteiger charge is -2.10. The number of hydrogen-bond donors (Lipinski definition) is 1. The van der Waals surface area contributed by atoms with Gasteiger partial charge in [-0.05, 0) is 90.8 Å². The standard InChI is InChI=1S/C52H37N3O/c53-51(45-18-10-20-48-50(45)49-44(17-9-19-47(49)56-48)39-26-23-37(24-27-39)35-11-3-1-2-4-12-35)55-52(42-30-25-36-13-5-6-15-41(36)32-42)54-33-34-21-22-40-29-28-38-14-7-8-16-43(38)46(40)31-34/h1-11,13-32H,12,33H2,(H2,53,54,55). The van der Waals surface area contributed by atoms with Crippen LogP contribution >= 0.6 is 0 Å². The highest BCUT2D eigenvalue weighted by Crippen LogP contribution is 2.39. The van der Waals surface area contributed by atoms with Crippen molar-refractivity contribution in [3.8, 4) is 11.1 Å². The van der Waals surface area contributed by atoms with Crippen LogP contribution in [0, 0.1) is 0 Å². The lowest BCUT2D eigenvalue weighted by molar-refractivity contribution is 0.669. The summed E-state index contributed by atoms with van der Waals surface area (Å²) in [6.45, 7) is 0.445. The van der Waals surface area contributed by atoms with Gasteiger partial charge in [-0.1, -0.05) is 164 Å². The maximum absolute atomic E-state index is 7.08. The Labute approximate surface area is 325 Å². The maximum atomic E-state index is 7.08. The molecule has 4 heteroatoms. The Balaban J connectivity index is 1.08. The molecular weight excluding hydrogens is 683 g/mol. The number of fused-ring (bicyclic) bond motifs is 7. The smallest absolute Gasteiger partial charge is 0.157 e. The van der Waals surface area contributed by atoms with E-state index in [2.05, 4.69) is 164 Å². The van der Waals surface area contributed by atoms with E-state index in [1.165, 1.54) is 32.7 Å². The van der Waals surface area contributed by atoms with Gasteiger partial charge in [0.15, 0.2) is 5.84 Å². The summed E-state index contributed by atoms with van der Waals surface area (Å²) in [5, 5.41) is 9.09. The third kappa shape index (κ3) is 6.17. The second kappa shape index (κ2) is 14.2. The molecule has 0 saturated carbocycles. The van der Waals surface area contributed by atoms with Crippen molar-refractivity contribution in [1.29, 1.82) is 0 Å². The van der Waals surface area contributed by atoms with Gasteiger partial charge in [0.25, 0.3) is 0 Å². The molecule has 1 heterocycles. The average molecular weight is 720 g/mol. The minimum atomic E-state index is 0.376. The highest BCUT2D eigenvalue weighted by Gasteiger charge is 2.18. The topological polar surface area (TPSA) is 63.9 Å². The molecule has 4 nitrogen and oxygen atoms in total. The lowest BCUT2D eigenvalue weighted by atomic mass is 9.95. The van der Waals surface area contributed by atoms with Crippen LogP contribution in [0.5, 0.6) is 0 Å². The van der Waals surface area contributed by atoms with E-state index in [-0.39, 0.29) is 0 Å². The molecule has 0 fully saturated rings. The minimum absolute atomic E-state index is 0.376. The van der Waals surface area contributed by atoms with Gasteiger partial charge in [-0.15, -0.1) is 0 Å². The fraction of sp³-hybridized carbons (Fsp3) is 0.0385. The van der Waals surface area contributed by atoms with Gasteiger partial charge in [0, 0.05) is 21.9 Å². The van der Waals surface area contributed by atoms with E-state index in [9.17, 15) is 0 Å². The first-order valence-electron chi connectivity index (χ1n) is 19.0. The van der Waals surface area contributed by atoms with E-state index in [1.54, 1.807) is 0 Å². The van der Waals surface area contributed by atoms with Crippen molar-refractivity contribution in [2.45, 2.75) is 13.0 Å². The molecule has 9 aromatic rings. The molecule has 0 spiro atoms. The largest absolute Gasteiger partial charge is 0.456 e. The van der Waals surface area contributed by atoms with E-state index in [0.717, 1.165) is 66.9 Å². The Morgan fingerprint density at radius 3 is 2.16 bits per heavy atom. The van der Waals surface area contributed by atoms with E-state index in [0.29, 0.717) is 18.2 Å². The number of amidine groups is 2. The first kappa shape index (κ1) is 33.3. The number of hydrogen-bond acceptors (Lipinski definition) is 2. The molecule has 56 heavy (non-hydrogen) atoms. The zero-order chi connectivity index (χ0) is 37.4. The van der Waals surface area contributed by atoms with Crippen molar-refractivity contribution in [2.75, 3.05) is 0 Å². The quantitative estimate of drug-likeness (QED) is 0.106. The molecule has 0 amide bonds. The van der Waals surface area contributed by atoms with E-state index >= 15 is 0 Å². The third-order valence-electron chi connectivity index (χ3n) is 10.8. The van der Waals surface area contributed by atoms with Gasteiger partial charge in [0.05, 0.1) is 6.54 Å². The maximum Gasteiger partial charge on any atom is 0.157 e. The van der Waals surface area contributed by atoms with Crippen LogP contribution in [-0.2, 0) is 6.54 Å². The summed E-state index contributed by atoms with van der Waals surface area (Å²) in [6, 6.07) is 55.2. The number of nitrogens with two attached hydrogens (primary N) is 1. The molecular formula is C52H37N3O. The highest BCUT2D eigenvalue weighted by atomic mass is 16.3. The summed E-state index contributed by atoms with van der Waals surface area (Å²) in [5.41, 5.74) is 16.1. The molecule has 0 atom stereocenters. The predicted molar refractivity (Wildman–Crippen MR) is 236 cm³/mol. The molecule has 266 valence electrons. The number of rotatable bonds is 6. The number of nitrogens with zero attached hydrogens (tertiary/aromatic N) is 2. The van der Waals surface area contributed by atoms with Crippen molar-refractivity contribution >= 4 is 71.5 Å². The van der Waals surface area contributed by atoms with Crippen LogP contribution in [-0.4, -0.2) is 11.7 Å². The minimum Gasteiger partial charge on any atom is -0.456 e. The Bertz CT molecular complexity index is 3140. The van der Waals surface area contributed by atoms with Gasteiger partial charge in [0.2, 0.25) is 0 Å². The number of benzene rings is 8. The van der Waals surface area contributed by atoms with Crippen LogP contribution in [0.1, 0.15) is 28.7 Å². The van der Waals surface area contributed by atoms with Crippen LogP contribution in [0.4, 0.5) is 0 Å². The molecule has 1 aliphatic carbocycles. The average Bonchev–Trinajstić information content (AvgIpc) is 3.43. The Kier molecular flexibility index (Phi) is 8.42. The predicted octanol–water partition coefficient (Wildman–Crippen LogP) is 13.0. The Morgan fingerprint density at radius 1 is 0.571 bits per heavy atom. The van der Waals surface area contributed by atoms with Crippen LogP contribution < -0.4 is 5.73 Å². The fourth-order valence-corrected chi connectivity index (χ4v) is 7.98. The van der Waals surface area contributed by atoms with Crippen LogP contribution in [0.2, 0.25) is 0 Å². The third-order valence-corrected chi connectivity index (χ3v) is 10.8. The molecule has 0 unspecified atom stereocenters. The van der Waals surface area contributed by atoms with Crippen LogP contribution in [0.25, 0.3) is 71.0 Å². The summed E-state index contributed by atoms with van der Waals surface area (Å²) < 4.78 is 6.48. The summed E-state index contributed by atoms with van der Waals surface area (Å²) in [6.07, 6.45) is 11.5. The molecule has 0 radical (unpaired) electrons. The van der Waals surface area contributed by atoms with Crippen molar-refractivity contribution in [2.24, 2.45) is 15.7 Å². The lowest BCUT2D eigenvalue weighted by Crippen LogP contribution is -2.17. The number of allylic oxidation sites excluding steroid dienone is 6. The first-order valence-corrected chi connectivity index (χ1v) is 19.0. The summed E-state index contributed by atoms with van der Waals surface area (Å²) in [4.78, 5) is 10.3. The number of furan rings is 1. The van der Waals surface area contributed by atoms with Gasteiger partial charge >= 0.3 is 0 Å². The SMILES string of the molecule is NC(=NC(=NCc1ccc2ccc3ccccc3c2c1)c1ccc2ccccc2c1)c1cccc2oc3cccc(-c4ccc(C5=CC=CC=CC5)cc4)c3c12. The molecule has 10 rings (SSSR count). The Morgan fingerprint density at radius 2 is 1.29 bits per heavy atom. The van der Waals surface area contributed by atoms with Gasteiger partial charge in [-0.25, -0.2) is 4.99 Å². The van der Waals surface area contributed by atoms with Gasteiger partial charge < -0.3 is 10.2 Å². The monoisotopic (exact) mass is 719 g/mol. The van der Waals surface area contributed by atoms with Gasteiger partial charge in [0.1, 0.15) is 17.0 Å². The zero-order valence-corrected chi connectivity index (χ0v) is 30.7. The molecule has 0 saturated heterocycles. The summed E-state index contributed by atoms with van der Waals surface area (Å²) >= 11 is 0. The van der Waals surface area contributed by atoms with Crippen LogP contribution in [0.3, 0.4) is 0 Å². The normalized spacial score (nSPS) is 13.6. The van der Waals surface area contributed by atoms with Crippen molar-refractivity contribution in [3.63, 3.8) is 0 Å². The zero-order valence-electron chi connectivity index (χ0n) is 30.7. The first-order chi connectivity index (χ1) is 27.7. The van der Waals surface area contributed by atoms with Crippen LogP contribution in [0.15, 0.2) is 203 Å². The van der Waals surface area contributed by atoms with E-state index < -0.39 is 0 Å². The van der Waals surface area contributed by atoms with Gasteiger partial charge in [-0.3, -0.25) is 4.99 Å². The summed E-state index contributed by atoms with van der Waals surface area (Å²) in [5.74, 6) is 0.950. The summed E-state index contributed by atoms with van der Waals surface area (Å²) in [7, 11) is 0. The van der Waals surface area contributed by atoms with Crippen molar-refractivity contribution < 1.29 is 4.42 Å². The molecule has 1 aliphatic rings. The second-order valence-corrected chi connectivity index (χ2v) is 14.3. The highest BCUT2D eigenvalue weighted by molar-refractivity contribution is 6.23. The second-order valence-electron chi connectivity index (χ2n) is 14.3. The Hall–Kier alpha value is -7.30. The van der Waals surface area contributed by atoms with E-state index in [1.807, 2.05) is 24.3 Å². The molecule has 8 aromatic carbocycles. The number of aliphatic imine (C=N–C) groups is 2. The van der Waals surface area contributed by atoms with E-state index in [4.69, 9.17) is 20.1 Å². The molecule has 0 bridgehead atoms. The van der Waals surface area contributed by atoms with Crippen molar-refractivity contribution in [3.05, 3.63) is 210 Å². The fourth-order valence-electron chi connectivity index (χ4n) is 7.98. The molecule has 0 aliphatic heterocycles. The van der Waals surface area contributed by atoms with Crippen molar-refractivity contribution in [1.82, 2.24) is 0 Å². The molecule has 2 N–H and O–H groups in total. The molecule has 1 aromatic heterocycles.